The van der Waals surface area contributed by atoms with E-state index in [4.69, 9.17) is 5.26 Å². The number of nitriles is 1. The summed E-state index contributed by atoms with van der Waals surface area (Å²) >= 11 is 0. The molecular weight excluding hydrogens is 250 g/mol. The molecule has 0 radical (unpaired) electrons. The number of nitrogens with one attached hydrogen (secondary N) is 1. The first-order valence-electron chi connectivity index (χ1n) is 6.36. The lowest BCUT2D eigenvalue weighted by Gasteiger charge is -2.10. The smallest absolute Gasteiger partial charge is 0.242 e. The van der Waals surface area contributed by atoms with Gasteiger partial charge in [-0.15, -0.1) is 0 Å². The lowest BCUT2D eigenvalue weighted by atomic mass is 10.0. The summed E-state index contributed by atoms with van der Waals surface area (Å²) in [5.74, 6) is -1.05. The van der Waals surface area contributed by atoms with Crippen LogP contribution in [-0.4, -0.2) is 10.9 Å². The molecule has 1 aromatic heterocycles. The molecule has 1 heterocycles. The van der Waals surface area contributed by atoms with Gasteiger partial charge in [-0.3, -0.25) is 9.78 Å². The lowest BCUT2D eigenvalue weighted by Crippen LogP contribution is -2.23. The summed E-state index contributed by atoms with van der Waals surface area (Å²) in [5, 5.41) is 11.9. The number of aromatic nitrogens is 1. The average molecular weight is 265 g/mol. The van der Waals surface area contributed by atoms with Gasteiger partial charge in [0.2, 0.25) is 5.91 Å². The van der Waals surface area contributed by atoms with Gasteiger partial charge < -0.3 is 5.32 Å². The normalized spacial score (nSPS) is 11.4. The molecule has 1 N–H and O–H groups in total. The third-order valence-electron chi connectivity index (χ3n) is 2.90. The second-order valence-electron chi connectivity index (χ2n) is 4.57. The van der Waals surface area contributed by atoms with Crippen LogP contribution in [0.15, 0.2) is 48.7 Å². The van der Waals surface area contributed by atoms with E-state index in [9.17, 15) is 4.79 Å². The molecule has 100 valence electrons. The van der Waals surface area contributed by atoms with Crippen molar-refractivity contribution in [1.82, 2.24) is 4.98 Å². The zero-order valence-electron chi connectivity index (χ0n) is 11.2. The number of benzene rings is 1. The maximum Gasteiger partial charge on any atom is 0.242 e. The monoisotopic (exact) mass is 265 g/mol. The van der Waals surface area contributed by atoms with Crippen LogP contribution in [0.1, 0.15) is 11.3 Å². The molecular formula is C16H15N3O. The Morgan fingerprint density at radius 2 is 2.20 bits per heavy atom. The van der Waals surface area contributed by atoms with Crippen molar-refractivity contribution in [3.05, 3.63) is 59.9 Å². The zero-order valence-corrected chi connectivity index (χ0v) is 11.2. The number of nitrogens with zero attached hydrogens (tertiary/aromatic N) is 2. The highest BCUT2D eigenvalue weighted by Crippen LogP contribution is 2.13. The van der Waals surface area contributed by atoms with E-state index >= 15 is 0 Å². The molecule has 2 aromatic rings. The van der Waals surface area contributed by atoms with Crippen LogP contribution in [0.2, 0.25) is 0 Å². The summed E-state index contributed by atoms with van der Waals surface area (Å²) in [6.07, 6.45) is 1.97. The van der Waals surface area contributed by atoms with Crippen molar-refractivity contribution in [3.63, 3.8) is 0 Å². The van der Waals surface area contributed by atoms with E-state index in [1.54, 1.807) is 18.3 Å². The molecule has 1 aromatic carbocycles. The molecule has 0 aliphatic rings. The molecule has 0 bridgehead atoms. The van der Waals surface area contributed by atoms with Crippen LogP contribution >= 0.6 is 0 Å². The van der Waals surface area contributed by atoms with E-state index in [1.165, 1.54) is 0 Å². The maximum atomic E-state index is 12.1. The molecule has 1 amide bonds. The van der Waals surface area contributed by atoms with Gasteiger partial charge in [0.25, 0.3) is 0 Å². The van der Waals surface area contributed by atoms with Crippen LogP contribution in [0.5, 0.6) is 0 Å². The van der Waals surface area contributed by atoms with E-state index in [0.29, 0.717) is 12.1 Å². The van der Waals surface area contributed by atoms with Gasteiger partial charge in [0.15, 0.2) is 0 Å². The van der Waals surface area contributed by atoms with Crippen LogP contribution in [0.4, 0.5) is 5.69 Å². The number of anilines is 1. The van der Waals surface area contributed by atoms with Crippen LogP contribution in [0.25, 0.3) is 0 Å². The summed E-state index contributed by atoms with van der Waals surface area (Å²) in [5.41, 5.74) is 2.50. The molecule has 0 aliphatic heterocycles. The number of carbonyl (C=O) groups is 1. The van der Waals surface area contributed by atoms with Gasteiger partial charge in [-0.2, -0.15) is 5.26 Å². The van der Waals surface area contributed by atoms with Gasteiger partial charge in [0, 0.05) is 24.0 Å². The standard InChI is InChI=1S/C16H15N3O/c1-12-5-4-7-15(9-12)19-16(20)13(11-17)10-14-6-2-3-8-18-14/h2-9,13H,10H2,1H3,(H,19,20). The molecule has 0 saturated heterocycles. The lowest BCUT2D eigenvalue weighted by molar-refractivity contribution is -0.118. The van der Waals surface area contributed by atoms with Crippen LogP contribution in [0, 0.1) is 24.2 Å². The predicted molar refractivity (Wildman–Crippen MR) is 76.9 cm³/mol. The first-order chi connectivity index (χ1) is 9.69. The highest BCUT2D eigenvalue weighted by atomic mass is 16.1. The molecule has 4 nitrogen and oxygen atoms in total. The summed E-state index contributed by atoms with van der Waals surface area (Å²) in [7, 11) is 0. The number of aryl methyl sites for hydroxylation is 1. The molecule has 0 aliphatic carbocycles. The van der Waals surface area contributed by atoms with Gasteiger partial charge in [0.1, 0.15) is 5.92 Å². The number of hydrogen-bond acceptors (Lipinski definition) is 3. The minimum atomic E-state index is -0.745. The Kier molecular flexibility index (Phi) is 4.46. The van der Waals surface area contributed by atoms with Gasteiger partial charge in [-0.25, -0.2) is 0 Å². The minimum Gasteiger partial charge on any atom is -0.325 e. The Balaban J connectivity index is 2.05. The SMILES string of the molecule is Cc1cccc(NC(=O)C(C#N)Cc2ccccn2)c1. The van der Waals surface area contributed by atoms with Gasteiger partial charge in [-0.1, -0.05) is 18.2 Å². The molecule has 1 unspecified atom stereocenters. The molecule has 0 fully saturated rings. The van der Waals surface area contributed by atoms with Crippen LogP contribution in [0.3, 0.4) is 0 Å². The average Bonchev–Trinajstić information content (AvgIpc) is 2.45. The summed E-state index contributed by atoms with van der Waals surface area (Å²) < 4.78 is 0. The fourth-order valence-electron chi connectivity index (χ4n) is 1.88. The Bertz CT molecular complexity index is 632. The van der Waals surface area contributed by atoms with Crippen LogP contribution < -0.4 is 5.32 Å². The number of carbonyl (C=O) groups excluding carboxylic acids is 1. The Hall–Kier alpha value is -2.67. The highest BCUT2D eigenvalue weighted by molar-refractivity contribution is 5.94. The zero-order chi connectivity index (χ0) is 14.4. The number of hydrogen-bond donors (Lipinski definition) is 1. The van der Waals surface area contributed by atoms with E-state index in [0.717, 1.165) is 11.3 Å². The molecule has 0 spiro atoms. The van der Waals surface area contributed by atoms with E-state index in [2.05, 4.69) is 10.3 Å². The van der Waals surface area contributed by atoms with Crippen molar-refractivity contribution in [2.75, 3.05) is 5.32 Å². The van der Waals surface area contributed by atoms with Gasteiger partial charge >= 0.3 is 0 Å². The van der Waals surface area contributed by atoms with Crippen molar-refractivity contribution >= 4 is 11.6 Å². The fourth-order valence-corrected chi connectivity index (χ4v) is 1.88. The van der Waals surface area contributed by atoms with Crippen molar-refractivity contribution in [3.8, 4) is 6.07 Å². The minimum absolute atomic E-state index is 0.302. The number of rotatable bonds is 4. The molecule has 4 heteroatoms. The quantitative estimate of drug-likeness (QED) is 0.924. The second kappa shape index (κ2) is 6.48. The first kappa shape index (κ1) is 13.8. The summed E-state index contributed by atoms with van der Waals surface area (Å²) in [6.45, 7) is 1.95. The molecule has 2 rings (SSSR count). The number of pyridine rings is 1. The topological polar surface area (TPSA) is 65.8 Å². The third-order valence-corrected chi connectivity index (χ3v) is 2.90. The molecule has 0 saturated carbocycles. The Morgan fingerprint density at radius 1 is 1.35 bits per heavy atom. The molecule has 20 heavy (non-hydrogen) atoms. The van der Waals surface area contributed by atoms with Gasteiger partial charge in [-0.05, 0) is 36.8 Å². The largest absolute Gasteiger partial charge is 0.325 e. The first-order valence-corrected chi connectivity index (χ1v) is 6.36. The second-order valence-corrected chi connectivity index (χ2v) is 4.57. The van der Waals surface area contributed by atoms with Gasteiger partial charge in [0.05, 0.1) is 6.07 Å². The van der Waals surface area contributed by atoms with Crippen molar-refractivity contribution in [1.29, 1.82) is 5.26 Å². The predicted octanol–water partition coefficient (Wildman–Crippen LogP) is 2.71. The van der Waals surface area contributed by atoms with Crippen molar-refractivity contribution < 1.29 is 4.79 Å². The summed E-state index contributed by atoms with van der Waals surface area (Å²) in [4.78, 5) is 16.2. The van der Waals surface area contributed by atoms with E-state index in [1.807, 2.05) is 43.3 Å². The maximum absolute atomic E-state index is 12.1. The van der Waals surface area contributed by atoms with Crippen LogP contribution in [-0.2, 0) is 11.2 Å². The highest BCUT2D eigenvalue weighted by Gasteiger charge is 2.19. The van der Waals surface area contributed by atoms with E-state index in [-0.39, 0.29) is 5.91 Å². The Labute approximate surface area is 118 Å². The number of amides is 1. The summed E-state index contributed by atoms with van der Waals surface area (Å²) in [6, 6.07) is 15.0. The van der Waals surface area contributed by atoms with Crippen molar-refractivity contribution in [2.24, 2.45) is 5.92 Å². The fraction of sp³-hybridized carbons (Fsp3) is 0.188. The molecule has 1 atom stereocenters. The third kappa shape index (κ3) is 3.66. The Morgan fingerprint density at radius 3 is 2.85 bits per heavy atom. The van der Waals surface area contributed by atoms with E-state index < -0.39 is 5.92 Å². The van der Waals surface area contributed by atoms with Crippen molar-refractivity contribution in [2.45, 2.75) is 13.3 Å².